The van der Waals surface area contributed by atoms with Gasteiger partial charge in [0, 0.05) is 50.3 Å². The van der Waals surface area contributed by atoms with E-state index in [1.165, 1.54) is 6.42 Å². The minimum absolute atomic E-state index is 0.153. The van der Waals surface area contributed by atoms with Crippen molar-refractivity contribution in [1.82, 2.24) is 19.7 Å². The first-order valence-corrected chi connectivity index (χ1v) is 11.2. The Bertz CT molecular complexity index is 928. The molecule has 4 rings (SSSR count). The summed E-state index contributed by atoms with van der Waals surface area (Å²) in [6.07, 6.45) is 3.87. The number of carbonyl (C=O) groups is 2. The van der Waals surface area contributed by atoms with Crippen LogP contribution in [0.4, 0.5) is 0 Å². The number of likely N-dealkylation sites (tertiary alicyclic amines) is 1. The number of aromatic nitrogens is 1. The number of para-hydroxylation sites is 1. The minimum Gasteiger partial charge on any atom is -0.342 e. The van der Waals surface area contributed by atoms with Crippen molar-refractivity contribution in [3.8, 4) is 0 Å². The van der Waals surface area contributed by atoms with E-state index in [0.29, 0.717) is 26.1 Å². The van der Waals surface area contributed by atoms with Crippen LogP contribution in [0.1, 0.15) is 36.1 Å². The van der Waals surface area contributed by atoms with Gasteiger partial charge in [-0.1, -0.05) is 18.2 Å². The lowest BCUT2D eigenvalue weighted by Gasteiger charge is -2.36. The number of piperazine rings is 1. The number of benzene rings is 1. The molecule has 6 nitrogen and oxygen atoms in total. The smallest absolute Gasteiger partial charge is 0.236 e. The first-order chi connectivity index (χ1) is 14.5. The molecule has 1 aromatic heterocycles. The molecule has 0 N–H and O–H groups in total. The molecule has 0 bridgehead atoms. The van der Waals surface area contributed by atoms with Gasteiger partial charge >= 0.3 is 0 Å². The van der Waals surface area contributed by atoms with E-state index < -0.39 is 0 Å². The molecule has 0 atom stereocenters. The summed E-state index contributed by atoms with van der Waals surface area (Å²) in [5.41, 5.74) is 4.11. The highest BCUT2D eigenvalue weighted by Crippen LogP contribution is 2.23. The first-order valence-electron chi connectivity index (χ1n) is 11.2. The SMILES string of the molecule is Cc1nc2ccccc2c(C)c1CC(=O)N1CCN(CC(=O)N2CCCCC2)CC1. The summed E-state index contributed by atoms with van der Waals surface area (Å²) in [5, 5.41) is 1.12. The number of piperidine rings is 1. The molecular formula is C24H32N4O2. The van der Waals surface area contributed by atoms with Crippen LogP contribution in [-0.2, 0) is 16.0 Å². The van der Waals surface area contributed by atoms with Gasteiger partial charge in [0.1, 0.15) is 0 Å². The van der Waals surface area contributed by atoms with Crippen LogP contribution in [0.15, 0.2) is 24.3 Å². The number of rotatable bonds is 4. The highest BCUT2D eigenvalue weighted by Gasteiger charge is 2.25. The second kappa shape index (κ2) is 9.13. The van der Waals surface area contributed by atoms with Crippen LogP contribution in [0.25, 0.3) is 10.9 Å². The lowest BCUT2D eigenvalue weighted by molar-refractivity contribution is -0.135. The Labute approximate surface area is 178 Å². The highest BCUT2D eigenvalue weighted by atomic mass is 16.2. The molecule has 30 heavy (non-hydrogen) atoms. The van der Waals surface area contributed by atoms with Gasteiger partial charge in [-0.05, 0) is 50.3 Å². The topological polar surface area (TPSA) is 56.8 Å². The van der Waals surface area contributed by atoms with Crippen molar-refractivity contribution in [2.45, 2.75) is 39.5 Å². The highest BCUT2D eigenvalue weighted by molar-refractivity contribution is 5.86. The molecule has 0 spiro atoms. The van der Waals surface area contributed by atoms with Gasteiger partial charge < -0.3 is 9.80 Å². The number of hydrogen-bond acceptors (Lipinski definition) is 4. The molecular weight excluding hydrogens is 376 g/mol. The van der Waals surface area contributed by atoms with Crippen molar-refractivity contribution in [2.24, 2.45) is 0 Å². The van der Waals surface area contributed by atoms with Crippen LogP contribution < -0.4 is 0 Å². The van der Waals surface area contributed by atoms with Crippen LogP contribution in [0.3, 0.4) is 0 Å². The molecule has 0 unspecified atom stereocenters. The summed E-state index contributed by atoms with van der Waals surface area (Å²) in [6, 6.07) is 8.10. The third-order valence-electron chi connectivity index (χ3n) is 6.61. The molecule has 0 aliphatic carbocycles. The number of carbonyl (C=O) groups excluding carboxylic acids is 2. The second-order valence-electron chi connectivity index (χ2n) is 8.59. The molecule has 160 valence electrons. The van der Waals surface area contributed by atoms with E-state index in [-0.39, 0.29) is 11.8 Å². The summed E-state index contributed by atoms with van der Waals surface area (Å²) in [6.45, 7) is 9.26. The van der Waals surface area contributed by atoms with Gasteiger partial charge in [0.2, 0.25) is 11.8 Å². The van der Waals surface area contributed by atoms with Crippen molar-refractivity contribution in [1.29, 1.82) is 0 Å². The standard InChI is InChI=1S/C24H32N4O2/c1-18-20-8-4-5-9-22(20)25-19(2)21(18)16-23(29)28-14-12-26(13-15-28)17-24(30)27-10-6-3-7-11-27/h4-5,8-9H,3,6-7,10-17H2,1-2H3. The van der Waals surface area contributed by atoms with Crippen LogP contribution in [0.2, 0.25) is 0 Å². The van der Waals surface area contributed by atoms with Crippen LogP contribution in [0.5, 0.6) is 0 Å². The maximum absolute atomic E-state index is 13.0. The van der Waals surface area contributed by atoms with Gasteiger partial charge in [0.05, 0.1) is 18.5 Å². The van der Waals surface area contributed by atoms with E-state index in [9.17, 15) is 9.59 Å². The number of nitrogens with zero attached hydrogens (tertiary/aromatic N) is 4. The monoisotopic (exact) mass is 408 g/mol. The van der Waals surface area contributed by atoms with Gasteiger partial charge in [-0.2, -0.15) is 0 Å². The average molecular weight is 409 g/mol. The summed E-state index contributed by atoms with van der Waals surface area (Å²) in [4.78, 5) is 36.3. The fraction of sp³-hybridized carbons (Fsp3) is 0.542. The Balaban J connectivity index is 1.34. The summed E-state index contributed by atoms with van der Waals surface area (Å²) >= 11 is 0. The van der Waals surface area contributed by atoms with Crippen LogP contribution >= 0.6 is 0 Å². The number of hydrogen-bond donors (Lipinski definition) is 0. The van der Waals surface area contributed by atoms with Crippen LogP contribution in [0, 0.1) is 13.8 Å². The van der Waals surface area contributed by atoms with Crippen molar-refractivity contribution in [3.63, 3.8) is 0 Å². The van der Waals surface area contributed by atoms with E-state index in [1.54, 1.807) is 0 Å². The normalized spacial score (nSPS) is 18.1. The fourth-order valence-electron chi connectivity index (χ4n) is 4.68. The van der Waals surface area contributed by atoms with Crippen LogP contribution in [-0.4, -0.2) is 77.3 Å². The fourth-order valence-corrected chi connectivity index (χ4v) is 4.68. The van der Waals surface area contributed by atoms with E-state index in [0.717, 1.165) is 66.7 Å². The second-order valence-corrected chi connectivity index (χ2v) is 8.59. The largest absolute Gasteiger partial charge is 0.342 e. The Kier molecular flexibility index (Phi) is 6.32. The Morgan fingerprint density at radius 1 is 0.867 bits per heavy atom. The van der Waals surface area contributed by atoms with Crippen molar-refractivity contribution in [2.75, 3.05) is 45.8 Å². The first kappa shape index (κ1) is 20.8. The lowest BCUT2D eigenvalue weighted by atomic mass is 9.99. The molecule has 3 heterocycles. The van der Waals surface area contributed by atoms with Crippen molar-refractivity contribution < 1.29 is 9.59 Å². The van der Waals surface area contributed by atoms with E-state index in [2.05, 4.69) is 17.9 Å². The van der Waals surface area contributed by atoms with Gasteiger partial charge in [-0.3, -0.25) is 19.5 Å². The van der Waals surface area contributed by atoms with E-state index in [4.69, 9.17) is 4.98 Å². The molecule has 2 aliphatic heterocycles. The number of pyridine rings is 1. The zero-order valence-corrected chi connectivity index (χ0v) is 18.2. The number of aryl methyl sites for hydroxylation is 2. The predicted octanol–water partition coefficient (Wildman–Crippen LogP) is 2.55. The number of amides is 2. The van der Waals surface area contributed by atoms with E-state index >= 15 is 0 Å². The predicted molar refractivity (Wildman–Crippen MR) is 118 cm³/mol. The molecule has 6 heteroatoms. The Hall–Kier alpha value is -2.47. The minimum atomic E-state index is 0.153. The van der Waals surface area contributed by atoms with Gasteiger partial charge in [-0.15, -0.1) is 0 Å². The van der Waals surface area contributed by atoms with Crippen molar-refractivity contribution >= 4 is 22.7 Å². The molecule has 2 fully saturated rings. The number of fused-ring (bicyclic) bond motifs is 1. The Morgan fingerprint density at radius 3 is 2.27 bits per heavy atom. The van der Waals surface area contributed by atoms with E-state index in [1.807, 2.05) is 34.9 Å². The Morgan fingerprint density at radius 2 is 1.53 bits per heavy atom. The summed E-state index contributed by atoms with van der Waals surface area (Å²) in [7, 11) is 0. The summed E-state index contributed by atoms with van der Waals surface area (Å²) < 4.78 is 0. The zero-order chi connectivity index (χ0) is 21.1. The molecule has 2 aliphatic rings. The zero-order valence-electron chi connectivity index (χ0n) is 18.2. The molecule has 1 aromatic carbocycles. The molecule has 0 radical (unpaired) electrons. The molecule has 2 aromatic rings. The van der Waals surface area contributed by atoms with Gasteiger partial charge in [-0.25, -0.2) is 0 Å². The maximum Gasteiger partial charge on any atom is 0.236 e. The van der Waals surface area contributed by atoms with Gasteiger partial charge in [0.15, 0.2) is 0 Å². The third kappa shape index (κ3) is 4.48. The molecule has 0 saturated carbocycles. The lowest BCUT2D eigenvalue weighted by Crippen LogP contribution is -2.52. The van der Waals surface area contributed by atoms with Crippen molar-refractivity contribution in [3.05, 3.63) is 41.1 Å². The maximum atomic E-state index is 13.0. The quantitative estimate of drug-likeness (QED) is 0.780. The molecule has 2 saturated heterocycles. The average Bonchev–Trinajstić information content (AvgIpc) is 2.77. The summed E-state index contributed by atoms with van der Waals surface area (Å²) in [5.74, 6) is 0.392. The van der Waals surface area contributed by atoms with Gasteiger partial charge in [0.25, 0.3) is 0 Å². The third-order valence-corrected chi connectivity index (χ3v) is 6.61. The molecule has 2 amide bonds.